The SMILES string of the molecule is Cc1cccc(COc2cccc3ccc(=O)n(CC(=O)O)c23)c1. The van der Waals surface area contributed by atoms with Gasteiger partial charge in [0.15, 0.2) is 0 Å². The van der Waals surface area contributed by atoms with Gasteiger partial charge in [-0.05, 0) is 24.6 Å². The first kappa shape index (κ1) is 15.8. The lowest BCUT2D eigenvalue weighted by Crippen LogP contribution is -2.23. The zero-order valence-corrected chi connectivity index (χ0v) is 13.2. The van der Waals surface area contributed by atoms with Crippen LogP contribution in [0.5, 0.6) is 5.75 Å². The van der Waals surface area contributed by atoms with Crippen LogP contribution in [-0.4, -0.2) is 15.6 Å². The Bertz CT molecular complexity index is 959. The van der Waals surface area contributed by atoms with Crippen molar-refractivity contribution in [2.45, 2.75) is 20.1 Å². The van der Waals surface area contributed by atoms with E-state index in [-0.39, 0.29) is 5.56 Å². The molecule has 1 N–H and O–H groups in total. The Morgan fingerprint density at radius 3 is 2.67 bits per heavy atom. The van der Waals surface area contributed by atoms with Crippen LogP contribution >= 0.6 is 0 Å². The number of rotatable bonds is 5. The number of nitrogens with zero attached hydrogens (tertiary/aromatic N) is 1. The van der Waals surface area contributed by atoms with Gasteiger partial charge in [-0.1, -0.05) is 42.0 Å². The summed E-state index contributed by atoms with van der Waals surface area (Å²) in [4.78, 5) is 23.2. The second-order valence-electron chi connectivity index (χ2n) is 5.62. The highest BCUT2D eigenvalue weighted by molar-refractivity contribution is 5.86. The zero-order chi connectivity index (χ0) is 17.1. The van der Waals surface area contributed by atoms with Crippen LogP contribution in [0.4, 0.5) is 0 Å². The molecule has 0 saturated carbocycles. The standard InChI is InChI=1S/C19H17NO4/c1-13-4-2-5-14(10-13)12-24-16-7-3-6-15-8-9-17(21)20(19(15)16)11-18(22)23/h2-10H,11-12H2,1H3,(H,22,23). The Morgan fingerprint density at radius 2 is 1.92 bits per heavy atom. The Morgan fingerprint density at radius 1 is 1.12 bits per heavy atom. The summed E-state index contributed by atoms with van der Waals surface area (Å²) < 4.78 is 7.11. The first-order chi connectivity index (χ1) is 11.5. The van der Waals surface area contributed by atoms with Crippen molar-refractivity contribution in [1.29, 1.82) is 0 Å². The molecule has 3 rings (SSSR count). The molecule has 0 amide bonds. The van der Waals surface area contributed by atoms with Crippen molar-refractivity contribution in [1.82, 2.24) is 4.57 Å². The number of carboxylic acids is 1. The highest BCUT2D eigenvalue weighted by Crippen LogP contribution is 2.25. The van der Waals surface area contributed by atoms with E-state index in [1.54, 1.807) is 12.1 Å². The van der Waals surface area contributed by atoms with Crippen molar-refractivity contribution in [3.05, 3.63) is 76.1 Å². The Labute approximate surface area is 138 Å². The summed E-state index contributed by atoms with van der Waals surface area (Å²) in [7, 11) is 0. The van der Waals surface area contributed by atoms with E-state index in [0.717, 1.165) is 16.5 Å². The second kappa shape index (κ2) is 6.58. The molecule has 0 spiro atoms. The average Bonchev–Trinajstić information content (AvgIpc) is 2.55. The fourth-order valence-electron chi connectivity index (χ4n) is 2.70. The smallest absolute Gasteiger partial charge is 0.323 e. The summed E-state index contributed by atoms with van der Waals surface area (Å²) in [5.41, 5.74) is 2.28. The van der Waals surface area contributed by atoms with E-state index in [1.807, 2.05) is 43.3 Å². The molecule has 0 aliphatic carbocycles. The molecule has 0 aliphatic heterocycles. The number of ether oxygens (including phenoxy) is 1. The van der Waals surface area contributed by atoms with Crippen molar-refractivity contribution in [3.63, 3.8) is 0 Å². The summed E-state index contributed by atoms with van der Waals surface area (Å²) in [5, 5.41) is 9.84. The Balaban J connectivity index is 2.02. The minimum absolute atomic E-state index is 0.344. The Kier molecular flexibility index (Phi) is 4.33. The van der Waals surface area contributed by atoms with E-state index >= 15 is 0 Å². The van der Waals surface area contributed by atoms with Crippen LogP contribution < -0.4 is 10.3 Å². The predicted octanol–water partition coefficient (Wildman–Crippen LogP) is 2.97. The number of aliphatic carboxylic acids is 1. The van der Waals surface area contributed by atoms with Crippen LogP contribution in [0.15, 0.2) is 59.4 Å². The van der Waals surface area contributed by atoms with Crippen LogP contribution in [0.3, 0.4) is 0 Å². The van der Waals surface area contributed by atoms with Gasteiger partial charge in [-0.25, -0.2) is 0 Å². The predicted molar refractivity (Wildman–Crippen MR) is 91.4 cm³/mol. The normalized spacial score (nSPS) is 10.7. The molecule has 5 nitrogen and oxygen atoms in total. The van der Waals surface area contributed by atoms with Gasteiger partial charge in [0, 0.05) is 11.5 Å². The minimum Gasteiger partial charge on any atom is -0.487 e. The van der Waals surface area contributed by atoms with Crippen molar-refractivity contribution in [2.75, 3.05) is 0 Å². The molecule has 24 heavy (non-hydrogen) atoms. The molecule has 0 unspecified atom stereocenters. The number of benzene rings is 2. The maximum Gasteiger partial charge on any atom is 0.323 e. The lowest BCUT2D eigenvalue weighted by molar-refractivity contribution is -0.137. The molecule has 0 bridgehead atoms. The molecule has 0 aliphatic rings. The number of aryl methyl sites for hydroxylation is 1. The summed E-state index contributed by atoms with van der Waals surface area (Å²) in [5.74, 6) is -0.578. The first-order valence-electron chi connectivity index (χ1n) is 7.57. The molecular weight excluding hydrogens is 306 g/mol. The largest absolute Gasteiger partial charge is 0.487 e. The molecule has 3 aromatic rings. The van der Waals surface area contributed by atoms with Gasteiger partial charge in [-0.15, -0.1) is 0 Å². The van der Waals surface area contributed by atoms with Gasteiger partial charge < -0.3 is 9.84 Å². The molecule has 1 aromatic heterocycles. The number of para-hydroxylation sites is 1. The number of hydrogen-bond donors (Lipinski definition) is 1. The third kappa shape index (κ3) is 3.30. The third-order valence-electron chi connectivity index (χ3n) is 3.74. The van der Waals surface area contributed by atoms with Crippen molar-refractivity contribution < 1.29 is 14.6 Å². The lowest BCUT2D eigenvalue weighted by atomic mass is 10.1. The molecule has 0 saturated heterocycles. The monoisotopic (exact) mass is 323 g/mol. The third-order valence-corrected chi connectivity index (χ3v) is 3.74. The van der Waals surface area contributed by atoms with Crippen LogP contribution in [0.2, 0.25) is 0 Å². The van der Waals surface area contributed by atoms with Gasteiger partial charge in [0.1, 0.15) is 18.9 Å². The second-order valence-corrected chi connectivity index (χ2v) is 5.62. The molecule has 0 atom stereocenters. The van der Waals surface area contributed by atoms with Gasteiger partial charge in [-0.3, -0.25) is 14.2 Å². The number of carboxylic acid groups (broad SMARTS) is 1. The highest BCUT2D eigenvalue weighted by atomic mass is 16.5. The van der Waals surface area contributed by atoms with Gasteiger partial charge in [0.25, 0.3) is 5.56 Å². The number of hydrogen-bond acceptors (Lipinski definition) is 3. The summed E-state index contributed by atoms with van der Waals surface area (Å²) in [6.07, 6.45) is 0. The van der Waals surface area contributed by atoms with Gasteiger partial charge in [0.2, 0.25) is 0 Å². The molecule has 2 aromatic carbocycles. The van der Waals surface area contributed by atoms with Crippen LogP contribution in [0.1, 0.15) is 11.1 Å². The molecule has 122 valence electrons. The highest BCUT2D eigenvalue weighted by Gasteiger charge is 2.11. The Hall–Kier alpha value is -3.08. The van der Waals surface area contributed by atoms with Crippen molar-refractivity contribution in [2.24, 2.45) is 0 Å². The van der Waals surface area contributed by atoms with E-state index < -0.39 is 12.5 Å². The first-order valence-corrected chi connectivity index (χ1v) is 7.57. The average molecular weight is 323 g/mol. The summed E-state index contributed by atoms with van der Waals surface area (Å²) >= 11 is 0. The van der Waals surface area contributed by atoms with Crippen LogP contribution in [0, 0.1) is 6.92 Å². The maximum absolute atomic E-state index is 12.1. The zero-order valence-electron chi connectivity index (χ0n) is 13.2. The van der Waals surface area contributed by atoms with Gasteiger partial charge >= 0.3 is 5.97 Å². The van der Waals surface area contributed by atoms with Crippen LogP contribution in [-0.2, 0) is 17.9 Å². The number of fused-ring (bicyclic) bond motifs is 1. The number of carbonyl (C=O) groups is 1. The fourth-order valence-corrected chi connectivity index (χ4v) is 2.70. The fraction of sp³-hybridized carbons (Fsp3) is 0.158. The van der Waals surface area contributed by atoms with Gasteiger partial charge in [0.05, 0.1) is 5.52 Å². The van der Waals surface area contributed by atoms with Gasteiger partial charge in [-0.2, -0.15) is 0 Å². The summed E-state index contributed by atoms with van der Waals surface area (Å²) in [6.45, 7) is 1.95. The minimum atomic E-state index is -1.07. The molecule has 0 radical (unpaired) electrons. The van der Waals surface area contributed by atoms with E-state index in [1.165, 1.54) is 10.6 Å². The van der Waals surface area contributed by atoms with Crippen LogP contribution in [0.25, 0.3) is 10.9 Å². The quantitative estimate of drug-likeness (QED) is 0.784. The number of aromatic nitrogens is 1. The molecule has 1 heterocycles. The molecule has 0 fully saturated rings. The molecular formula is C19H17NO4. The topological polar surface area (TPSA) is 68.5 Å². The van der Waals surface area contributed by atoms with E-state index in [4.69, 9.17) is 9.84 Å². The summed E-state index contributed by atoms with van der Waals surface area (Å²) in [6, 6.07) is 16.4. The van der Waals surface area contributed by atoms with E-state index in [9.17, 15) is 9.59 Å². The van der Waals surface area contributed by atoms with E-state index in [2.05, 4.69) is 0 Å². The van der Waals surface area contributed by atoms with E-state index in [0.29, 0.717) is 17.9 Å². The number of pyridine rings is 1. The maximum atomic E-state index is 12.1. The molecule has 5 heteroatoms. The van der Waals surface area contributed by atoms with Crippen molar-refractivity contribution >= 4 is 16.9 Å². The lowest BCUT2D eigenvalue weighted by Gasteiger charge is -2.14. The van der Waals surface area contributed by atoms with Crippen molar-refractivity contribution in [3.8, 4) is 5.75 Å².